The number of hydrogen-bond donors (Lipinski definition) is 0. The summed E-state index contributed by atoms with van der Waals surface area (Å²) in [5.74, 6) is 12.5. The Kier molecular flexibility index (Phi) is 6.03. The Labute approximate surface area is 397 Å². The fourth-order valence-electron chi connectivity index (χ4n) is 23.3. The van der Waals surface area contributed by atoms with Crippen molar-refractivity contribution < 1.29 is 0 Å². The summed E-state index contributed by atoms with van der Waals surface area (Å²) in [5.41, 5.74) is 22.8. The molecule has 9 aromatic rings. The van der Waals surface area contributed by atoms with Crippen molar-refractivity contribution in [2.75, 3.05) is 0 Å². The lowest BCUT2D eigenvalue weighted by molar-refractivity contribution is 0.165. The van der Waals surface area contributed by atoms with E-state index in [1.807, 2.05) is 11.1 Å². The molecule has 0 aliphatic heterocycles. The number of fused-ring (bicyclic) bond motifs is 14. The van der Waals surface area contributed by atoms with Crippen LogP contribution in [0.3, 0.4) is 0 Å². The lowest BCUT2D eigenvalue weighted by Crippen LogP contribution is -2.25. The standard InChI is InChI=1S/C64H62N4/c1-3-45-53(49-37-13-27-5-28(14-37)10-35(9-27)43(1)49)57-59-56-48(26-66-62-42-23-33-8-34(24-42)20-40(19-33)52(56)62)68-46-4-2-44-36-11-29-6-30(12-36)16-38(15-29)50(44)54(46)58(64(59)68)60-55-47(67(45)63(57)60)25-65-61-41-21-31-7-32(22-41)18-39(17-31)51(55)61/h1-4,25-42H,5-24H2. The molecule has 25 rings (SSSR count). The molecule has 68 heavy (non-hydrogen) atoms. The van der Waals surface area contributed by atoms with E-state index in [9.17, 15) is 0 Å². The SMILES string of the molecule is c1cc2c(c3c1C1CC4CC(C1)CC3C4)c1c3c4c5c(ncc4n4c6ccc7c(c6c(c6c8c9c(ncc8n2c16)C1CC2CC(C1)CC9C2)c34)C1CC2CC(CC7C2)C1)C1CC2CC(C1)CC5C2. The van der Waals surface area contributed by atoms with E-state index in [2.05, 4.69) is 45.5 Å². The smallest absolute Gasteiger partial charge is 0.0728 e. The Morgan fingerprint density at radius 1 is 0.279 bits per heavy atom. The van der Waals surface area contributed by atoms with Gasteiger partial charge < -0.3 is 8.80 Å². The van der Waals surface area contributed by atoms with E-state index in [-0.39, 0.29) is 0 Å². The van der Waals surface area contributed by atoms with Gasteiger partial charge in [0, 0.05) is 66.3 Å². The largest absolute Gasteiger partial charge is 0.306 e. The fraction of sp³-hybridized carbons (Fsp3) is 0.562. The average Bonchev–Trinajstić information content (AvgIpc) is 3.91. The minimum absolute atomic E-state index is 0.630. The molecule has 6 heterocycles. The molecule has 0 N–H and O–H groups in total. The predicted molar refractivity (Wildman–Crippen MR) is 274 cm³/mol. The first-order chi connectivity index (χ1) is 33.6. The van der Waals surface area contributed by atoms with E-state index < -0.39 is 0 Å². The van der Waals surface area contributed by atoms with Crippen LogP contribution >= 0.6 is 0 Å². The summed E-state index contributed by atoms with van der Waals surface area (Å²) >= 11 is 0. The van der Waals surface area contributed by atoms with Gasteiger partial charge in [-0.05, 0) is 257 Å². The second kappa shape index (κ2) is 11.5. The van der Waals surface area contributed by atoms with E-state index in [4.69, 9.17) is 9.97 Å². The lowest BCUT2D eigenvalue weighted by Gasteiger charge is -2.38. The molecular weight excluding hydrogens is 825 g/mol. The molecule has 4 nitrogen and oxygen atoms in total. The highest BCUT2D eigenvalue weighted by atomic mass is 15.0. The second-order valence-electron chi connectivity index (χ2n) is 27.6. The Morgan fingerprint density at radius 3 is 0.926 bits per heavy atom. The van der Waals surface area contributed by atoms with Crippen LogP contribution in [0.15, 0.2) is 36.7 Å². The van der Waals surface area contributed by atoms with Crippen molar-refractivity contribution in [1.82, 2.24) is 18.8 Å². The third-order valence-corrected chi connectivity index (χ3v) is 24.5. The molecule has 0 radical (unpaired) electrons. The van der Waals surface area contributed by atoms with E-state index in [0.29, 0.717) is 35.5 Å². The molecule has 338 valence electrons. The van der Waals surface area contributed by atoms with Crippen LogP contribution in [0.5, 0.6) is 0 Å². The maximum Gasteiger partial charge on any atom is 0.0728 e. The predicted octanol–water partition coefficient (Wildman–Crippen LogP) is 16.3. The van der Waals surface area contributed by atoms with Gasteiger partial charge in [0.1, 0.15) is 0 Å². The van der Waals surface area contributed by atoms with Crippen LogP contribution in [0.2, 0.25) is 0 Å². The van der Waals surface area contributed by atoms with Crippen LogP contribution in [0, 0.1) is 47.3 Å². The van der Waals surface area contributed by atoms with Crippen molar-refractivity contribution in [3.8, 4) is 0 Å². The summed E-state index contributed by atoms with van der Waals surface area (Å²) in [6, 6.07) is 10.8. The highest BCUT2D eigenvalue weighted by Gasteiger charge is 2.50. The summed E-state index contributed by atoms with van der Waals surface area (Å²) in [6.45, 7) is 0. The first-order valence-electron chi connectivity index (χ1n) is 28.8. The topological polar surface area (TPSA) is 34.6 Å². The van der Waals surface area contributed by atoms with Gasteiger partial charge in [-0.25, -0.2) is 0 Å². The average molecular weight is 887 g/mol. The summed E-state index contributed by atoms with van der Waals surface area (Å²) in [7, 11) is 0. The quantitative estimate of drug-likeness (QED) is 0.152. The molecule has 3 aromatic carbocycles. The van der Waals surface area contributed by atoms with E-state index >= 15 is 0 Å². The minimum atomic E-state index is 0.630. The number of pyridine rings is 2. The minimum Gasteiger partial charge on any atom is -0.306 e. The normalized spacial score (nSPS) is 39.8. The van der Waals surface area contributed by atoms with Crippen molar-refractivity contribution in [2.45, 2.75) is 176 Å². The van der Waals surface area contributed by atoms with Gasteiger partial charge >= 0.3 is 0 Å². The van der Waals surface area contributed by atoms with Gasteiger partial charge in [-0.2, -0.15) is 0 Å². The van der Waals surface area contributed by atoms with Crippen LogP contribution in [0.25, 0.3) is 76.2 Å². The van der Waals surface area contributed by atoms with Gasteiger partial charge in [-0.1, -0.05) is 12.1 Å². The third-order valence-electron chi connectivity index (χ3n) is 24.5. The van der Waals surface area contributed by atoms with E-state index in [1.54, 1.807) is 76.4 Å². The first kappa shape index (κ1) is 35.6. The number of nitrogens with zero attached hydrogens (tertiary/aromatic N) is 4. The third kappa shape index (κ3) is 3.93. The van der Waals surface area contributed by atoms with Gasteiger partial charge in [0.05, 0.1) is 45.5 Å². The molecule has 6 aromatic heterocycles. The van der Waals surface area contributed by atoms with E-state index in [1.165, 1.54) is 162 Å². The highest BCUT2D eigenvalue weighted by molar-refractivity contribution is 6.46. The molecule has 16 aliphatic carbocycles. The first-order valence-corrected chi connectivity index (χ1v) is 28.8. The monoisotopic (exact) mass is 886 g/mol. The molecule has 8 saturated carbocycles. The van der Waals surface area contributed by atoms with Gasteiger partial charge in [-0.3, -0.25) is 9.97 Å². The molecule has 8 unspecified atom stereocenters. The van der Waals surface area contributed by atoms with Crippen molar-refractivity contribution in [1.29, 1.82) is 0 Å². The number of benzene rings is 3. The van der Waals surface area contributed by atoms with Crippen molar-refractivity contribution in [3.63, 3.8) is 0 Å². The van der Waals surface area contributed by atoms with Crippen LogP contribution in [-0.4, -0.2) is 18.8 Å². The zero-order valence-electron chi connectivity index (χ0n) is 39.6. The zero-order valence-corrected chi connectivity index (χ0v) is 39.6. The van der Waals surface area contributed by atoms with Crippen molar-refractivity contribution in [3.05, 3.63) is 81.4 Å². The fourth-order valence-corrected chi connectivity index (χ4v) is 23.3. The van der Waals surface area contributed by atoms with Crippen molar-refractivity contribution >= 4 is 76.2 Å². The van der Waals surface area contributed by atoms with Crippen molar-refractivity contribution in [2.24, 2.45) is 47.3 Å². The van der Waals surface area contributed by atoms with Crippen LogP contribution in [-0.2, 0) is 0 Å². The second-order valence-corrected chi connectivity index (χ2v) is 27.6. The molecule has 0 saturated heterocycles. The number of hydrogen-bond acceptors (Lipinski definition) is 2. The molecule has 16 bridgehead atoms. The molecule has 8 fully saturated rings. The van der Waals surface area contributed by atoms with Gasteiger partial charge in [0.15, 0.2) is 0 Å². The van der Waals surface area contributed by atoms with Crippen LogP contribution in [0.1, 0.15) is 221 Å². The molecule has 0 spiro atoms. The number of aromatic nitrogens is 4. The summed E-state index contributed by atoms with van der Waals surface area (Å²) in [4.78, 5) is 11.6. The van der Waals surface area contributed by atoms with Crippen LogP contribution < -0.4 is 0 Å². The number of rotatable bonds is 0. The highest BCUT2D eigenvalue weighted by Crippen LogP contribution is 2.66. The lowest BCUT2D eigenvalue weighted by atomic mass is 9.67. The van der Waals surface area contributed by atoms with Gasteiger partial charge in [-0.15, -0.1) is 0 Å². The molecule has 16 aliphatic rings. The Hall–Kier alpha value is -4.44. The molecular formula is C64H62N4. The maximum atomic E-state index is 5.82. The molecule has 8 atom stereocenters. The van der Waals surface area contributed by atoms with Crippen LogP contribution in [0.4, 0.5) is 0 Å². The van der Waals surface area contributed by atoms with Gasteiger partial charge in [0.2, 0.25) is 0 Å². The summed E-state index contributed by atoms with van der Waals surface area (Å²) < 4.78 is 5.85. The Balaban J connectivity index is 1.04. The van der Waals surface area contributed by atoms with E-state index in [0.717, 1.165) is 59.2 Å². The summed E-state index contributed by atoms with van der Waals surface area (Å²) in [5, 5.41) is 13.3. The Bertz CT molecular complexity index is 3310. The maximum absolute atomic E-state index is 5.82. The Morgan fingerprint density at radius 2 is 0.574 bits per heavy atom. The zero-order chi connectivity index (χ0) is 42.9. The molecule has 4 heteroatoms. The summed E-state index contributed by atoms with van der Waals surface area (Å²) in [6.07, 6.45) is 33.2. The van der Waals surface area contributed by atoms with Gasteiger partial charge in [0.25, 0.3) is 0 Å². The molecule has 0 amide bonds.